The molecule has 1 fully saturated rings. The lowest BCUT2D eigenvalue weighted by molar-refractivity contribution is 0.249. The summed E-state index contributed by atoms with van der Waals surface area (Å²) in [5.41, 5.74) is 1.65. The maximum absolute atomic E-state index is 13.9. The topological polar surface area (TPSA) is 41.5 Å². The van der Waals surface area contributed by atoms with Crippen molar-refractivity contribution in [2.24, 2.45) is 0 Å². The molecule has 0 unspecified atom stereocenters. The van der Waals surface area contributed by atoms with Crippen LogP contribution in [0.4, 0.5) is 14.6 Å². The predicted octanol–water partition coefficient (Wildman–Crippen LogP) is 3.24. The zero-order valence-electron chi connectivity index (χ0n) is 15.0. The molecule has 0 spiro atoms. The number of halogens is 2. The van der Waals surface area contributed by atoms with E-state index in [1.54, 1.807) is 12.1 Å². The highest BCUT2D eigenvalue weighted by atomic mass is 19.1. The van der Waals surface area contributed by atoms with Crippen molar-refractivity contribution in [3.8, 4) is 5.75 Å². The maximum Gasteiger partial charge on any atom is 0.165 e. The van der Waals surface area contributed by atoms with E-state index in [0.717, 1.165) is 48.5 Å². The second-order valence-corrected chi connectivity index (χ2v) is 6.59. The predicted molar refractivity (Wildman–Crippen MR) is 99.9 cm³/mol. The highest BCUT2D eigenvalue weighted by Gasteiger charge is 2.20. The number of rotatable bonds is 4. The number of benzene rings is 2. The van der Waals surface area contributed by atoms with E-state index in [2.05, 4.69) is 19.8 Å². The highest BCUT2D eigenvalue weighted by molar-refractivity contribution is 5.89. The van der Waals surface area contributed by atoms with E-state index in [0.29, 0.717) is 6.54 Å². The van der Waals surface area contributed by atoms with E-state index < -0.39 is 0 Å². The minimum atomic E-state index is -0.344. The van der Waals surface area contributed by atoms with Crippen LogP contribution in [0, 0.1) is 11.6 Å². The van der Waals surface area contributed by atoms with Gasteiger partial charge in [-0.2, -0.15) is 0 Å². The van der Waals surface area contributed by atoms with Crippen LogP contribution in [0.25, 0.3) is 10.9 Å². The summed E-state index contributed by atoms with van der Waals surface area (Å²) in [5, 5.41) is 0.725. The normalized spacial score (nSPS) is 15.3. The van der Waals surface area contributed by atoms with E-state index in [1.807, 2.05) is 6.07 Å². The number of methoxy groups -OCH3 is 1. The summed E-state index contributed by atoms with van der Waals surface area (Å²) < 4.78 is 32.5. The number of fused-ring (bicyclic) bond motifs is 1. The monoisotopic (exact) mass is 370 g/mol. The van der Waals surface area contributed by atoms with Crippen LogP contribution in [0.2, 0.25) is 0 Å². The van der Waals surface area contributed by atoms with E-state index in [4.69, 9.17) is 4.74 Å². The van der Waals surface area contributed by atoms with Gasteiger partial charge in [0.15, 0.2) is 11.6 Å². The van der Waals surface area contributed by atoms with Gasteiger partial charge in [0, 0.05) is 38.1 Å². The molecule has 5 nitrogen and oxygen atoms in total. The van der Waals surface area contributed by atoms with Crippen LogP contribution in [0.1, 0.15) is 5.56 Å². The fraction of sp³-hybridized carbons (Fsp3) is 0.300. The Labute approximate surface area is 156 Å². The first-order valence-electron chi connectivity index (χ1n) is 8.84. The molecule has 1 aromatic heterocycles. The Hall–Kier alpha value is -2.80. The molecule has 1 aliphatic rings. The van der Waals surface area contributed by atoms with Gasteiger partial charge in [0.2, 0.25) is 0 Å². The van der Waals surface area contributed by atoms with Crippen LogP contribution in [-0.4, -0.2) is 48.2 Å². The number of aromatic nitrogens is 2. The van der Waals surface area contributed by atoms with E-state index in [-0.39, 0.29) is 17.4 Å². The van der Waals surface area contributed by atoms with Crippen molar-refractivity contribution in [2.45, 2.75) is 6.54 Å². The lowest BCUT2D eigenvalue weighted by Gasteiger charge is -2.35. The Morgan fingerprint density at radius 2 is 1.81 bits per heavy atom. The average Bonchev–Trinajstić information content (AvgIpc) is 2.68. The van der Waals surface area contributed by atoms with Gasteiger partial charge in [-0.05, 0) is 35.9 Å². The van der Waals surface area contributed by atoms with Crippen molar-refractivity contribution in [3.63, 3.8) is 0 Å². The average molecular weight is 370 g/mol. The maximum atomic E-state index is 13.9. The number of piperazine rings is 1. The van der Waals surface area contributed by atoms with Crippen LogP contribution >= 0.6 is 0 Å². The molecule has 3 aromatic rings. The summed E-state index contributed by atoms with van der Waals surface area (Å²) >= 11 is 0. The number of anilines is 1. The third-order valence-corrected chi connectivity index (χ3v) is 4.87. The van der Waals surface area contributed by atoms with Gasteiger partial charge in [0.1, 0.15) is 18.0 Å². The molecule has 1 aliphatic heterocycles. The molecule has 7 heteroatoms. The lowest BCUT2D eigenvalue weighted by Crippen LogP contribution is -2.46. The van der Waals surface area contributed by atoms with Crippen molar-refractivity contribution < 1.29 is 13.5 Å². The van der Waals surface area contributed by atoms with E-state index in [9.17, 15) is 8.78 Å². The van der Waals surface area contributed by atoms with Crippen molar-refractivity contribution in [2.75, 3.05) is 38.2 Å². The molecule has 0 aliphatic carbocycles. The number of hydrogen-bond acceptors (Lipinski definition) is 5. The molecule has 0 bridgehead atoms. The van der Waals surface area contributed by atoms with Gasteiger partial charge >= 0.3 is 0 Å². The summed E-state index contributed by atoms with van der Waals surface area (Å²) in [6, 6.07) is 9.62. The molecule has 27 heavy (non-hydrogen) atoms. The Kier molecular flexibility index (Phi) is 4.85. The first-order valence-corrected chi connectivity index (χ1v) is 8.84. The summed E-state index contributed by atoms with van der Waals surface area (Å²) in [6.07, 6.45) is 1.52. The van der Waals surface area contributed by atoms with Gasteiger partial charge in [-0.1, -0.05) is 6.07 Å². The molecular weight excluding hydrogens is 350 g/mol. The minimum absolute atomic E-state index is 0.256. The van der Waals surface area contributed by atoms with Crippen LogP contribution in [0.15, 0.2) is 42.7 Å². The standard InChI is InChI=1S/C20H20F2N4O/c1-27-19-5-2-14(10-17(19)22)12-25-6-8-26(9-7-25)20-16-11-15(21)3-4-18(16)23-13-24-20/h2-5,10-11,13H,6-9,12H2,1H3. The largest absolute Gasteiger partial charge is 0.494 e. The molecule has 0 amide bonds. The fourth-order valence-corrected chi connectivity index (χ4v) is 3.45. The minimum Gasteiger partial charge on any atom is -0.494 e. The van der Waals surface area contributed by atoms with Crippen LogP contribution < -0.4 is 9.64 Å². The molecule has 4 rings (SSSR count). The highest BCUT2D eigenvalue weighted by Crippen LogP contribution is 2.25. The summed E-state index contributed by atoms with van der Waals surface area (Å²) in [6.45, 7) is 3.83. The SMILES string of the molecule is COc1ccc(CN2CCN(c3ncnc4ccc(F)cc34)CC2)cc1F. The molecule has 2 heterocycles. The summed E-state index contributed by atoms with van der Waals surface area (Å²) in [5.74, 6) is 0.378. The van der Waals surface area contributed by atoms with Crippen LogP contribution in [0.5, 0.6) is 5.75 Å². The Morgan fingerprint density at radius 1 is 1.00 bits per heavy atom. The first kappa shape index (κ1) is 17.6. The van der Waals surface area contributed by atoms with Crippen molar-refractivity contribution >= 4 is 16.7 Å². The van der Waals surface area contributed by atoms with Crippen molar-refractivity contribution in [3.05, 3.63) is 59.9 Å². The number of nitrogens with zero attached hydrogens (tertiary/aromatic N) is 4. The molecule has 140 valence electrons. The molecule has 0 atom stereocenters. The van der Waals surface area contributed by atoms with Crippen molar-refractivity contribution in [1.29, 1.82) is 0 Å². The van der Waals surface area contributed by atoms with E-state index in [1.165, 1.54) is 31.6 Å². The number of hydrogen-bond donors (Lipinski definition) is 0. The molecule has 0 radical (unpaired) electrons. The zero-order chi connectivity index (χ0) is 18.8. The fourth-order valence-electron chi connectivity index (χ4n) is 3.45. The third kappa shape index (κ3) is 3.68. The van der Waals surface area contributed by atoms with Crippen LogP contribution in [0.3, 0.4) is 0 Å². The van der Waals surface area contributed by atoms with Crippen molar-refractivity contribution in [1.82, 2.24) is 14.9 Å². The second-order valence-electron chi connectivity index (χ2n) is 6.59. The van der Waals surface area contributed by atoms with Crippen LogP contribution in [-0.2, 0) is 6.54 Å². The molecule has 0 N–H and O–H groups in total. The Bertz CT molecular complexity index is 958. The molecular formula is C20H20F2N4O. The number of ether oxygens (including phenoxy) is 1. The Morgan fingerprint density at radius 3 is 2.56 bits per heavy atom. The van der Waals surface area contributed by atoms with Gasteiger partial charge in [-0.15, -0.1) is 0 Å². The molecule has 1 saturated heterocycles. The Balaban J connectivity index is 1.45. The van der Waals surface area contributed by atoms with Gasteiger partial charge in [-0.3, -0.25) is 4.90 Å². The van der Waals surface area contributed by atoms with Gasteiger partial charge in [-0.25, -0.2) is 18.7 Å². The first-order chi connectivity index (χ1) is 13.1. The third-order valence-electron chi connectivity index (χ3n) is 4.87. The second kappa shape index (κ2) is 7.44. The van der Waals surface area contributed by atoms with Gasteiger partial charge in [0.25, 0.3) is 0 Å². The smallest absolute Gasteiger partial charge is 0.165 e. The lowest BCUT2D eigenvalue weighted by atomic mass is 10.1. The van der Waals surface area contributed by atoms with Gasteiger partial charge < -0.3 is 9.64 Å². The molecule has 2 aromatic carbocycles. The quantitative estimate of drug-likeness (QED) is 0.705. The zero-order valence-corrected chi connectivity index (χ0v) is 15.0. The molecule has 0 saturated carbocycles. The summed E-state index contributed by atoms with van der Waals surface area (Å²) in [7, 11) is 1.46. The summed E-state index contributed by atoms with van der Waals surface area (Å²) in [4.78, 5) is 13.0. The van der Waals surface area contributed by atoms with Gasteiger partial charge in [0.05, 0.1) is 12.6 Å². The van der Waals surface area contributed by atoms with E-state index >= 15 is 0 Å².